The maximum Gasteiger partial charge on any atom is 0.107 e. The fourth-order valence-corrected chi connectivity index (χ4v) is 3.23. The van der Waals surface area contributed by atoms with Crippen LogP contribution in [0, 0.1) is 12.8 Å². The number of aromatic nitrogens is 1. The molecule has 1 atom stereocenters. The Morgan fingerprint density at radius 1 is 1.67 bits per heavy atom. The van der Waals surface area contributed by atoms with E-state index in [0.29, 0.717) is 0 Å². The van der Waals surface area contributed by atoms with Crippen LogP contribution in [0.15, 0.2) is 5.38 Å². The Bertz CT molecular complexity index is 313. The molecule has 1 aliphatic rings. The highest BCUT2D eigenvalue weighted by Gasteiger charge is 2.22. The van der Waals surface area contributed by atoms with Gasteiger partial charge in [0.05, 0.1) is 6.54 Å². The molecule has 0 saturated carbocycles. The molecule has 84 valence electrons. The van der Waals surface area contributed by atoms with E-state index >= 15 is 0 Å². The Balaban J connectivity index is 1.82. The van der Waals surface area contributed by atoms with E-state index in [-0.39, 0.29) is 0 Å². The number of hydrogen-bond donors (Lipinski definition) is 0. The van der Waals surface area contributed by atoms with Crippen molar-refractivity contribution >= 4 is 22.9 Å². The molecule has 0 amide bonds. The van der Waals surface area contributed by atoms with E-state index in [2.05, 4.69) is 22.2 Å². The molecule has 2 heterocycles. The quantitative estimate of drug-likeness (QED) is 0.758. The number of rotatable bonds is 4. The Kier molecular flexibility index (Phi) is 4.00. The number of thiazole rings is 1. The summed E-state index contributed by atoms with van der Waals surface area (Å²) in [5.74, 6) is 1.61. The summed E-state index contributed by atoms with van der Waals surface area (Å²) in [5.41, 5.74) is 1.14. The fourth-order valence-electron chi connectivity index (χ4n) is 2.11. The largest absolute Gasteiger partial charge is 0.296 e. The normalized spacial score (nSPS) is 22.4. The molecule has 1 unspecified atom stereocenters. The second kappa shape index (κ2) is 5.28. The molecular formula is C11H17ClN2S. The average molecular weight is 245 g/mol. The van der Waals surface area contributed by atoms with Crippen molar-refractivity contribution in [3.63, 3.8) is 0 Å². The number of alkyl halides is 1. The Hall–Kier alpha value is -0.120. The van der Waals surface area contributed by atoms with Gasteiger partial charge in [0.25, 0.3) is 0 Å². The molecule has 1 aromatic rings. The Morgan fingerprint density at radius 3 is 3.20 bits per heavy atom. The van der Waals surface area contributed by atoms with Crippen LogP contribution in [0.1, 0.15) is 23.5 Å². The molecule has 1 aliphatic heterocycles. The molecule has 2 nitrogen and oxygen atoms in total. The first-order valence-corrected chi connectivity index (χ1v) is 6.88. The van der Waals surface area contributed by atoms with Gasteiger partial charge < -0.3 is 0 Å². The van der Waals surface area contributed by atoms with Crippen molar-refractivity contribution < 1.29 is 0 Å². The van der Waals surface area contributed by atoms with Crippen LogP contribution in [-0.2, 0) is 6.54 Å². The Morgan fingerprint density at radius 2 is 2.53 bits per heavy atom. The van der Waals surface area contributed by atoms with E-state index in [9.17, 15) is 0 Å². The van der Waals surface area contributed by atoms with Crippen LogP contribution in [0.25, 0.3) is 0 Å². The van der Waals surface area contributed by atoms with Crippen molar-refractivity contribution in [3.8, 4) is 0 Å². The highest BCUT2D eigenvalue weighted by Crippen LogP contribution is 2.22. The van der Waals surface area contributed by atoms with E-state index in [1.165, 1.54) is 24.5 Å². The van der Waals surface area contributed by atoms with E-state index in [4.69, 9.17) is 11.6 Å². The molecule has 0 aliphatic carbocycles. The smallest absolute Gasteiger partial charge is 0.107 e. The molecule has 1 saturated heterocycles. The topological polar surface area (TPSA) is 16.1 Å². The van der Waals surface area contributed by atoms with Crippen LogP contribution in [0.3, 0.4) is 0 Å². The zero-order chi connectivity index (χ0) is 10.7. The molecule has 0 aromatic carbocycles. The molecule has 1 aromatic heterocycles. The fraction of sp³-hybridized carbons (Fsp3) is 0.727. The van der Waals surface area contributed by atoms with Gasteiger partial charge in [-0.3, -0.25) is 4.90 Å². The van der Waals surface area contributed by atoms with Gasteiger partial charge in [-0.1, -0.05) is 0 Å². The van der Waals surface area contributed by atoms with Crippen molar-refractivity contribution in [2.45, 2.75) is 26.3 Å². The zero-order valence-electron chi connectivity index (χ0n) is 9.08. The summed E-state index contributed by atoms with van der Waals surface area (Å²) in [6.45, 7) is 5.49. The molecule has 0 N–H and O–H groups in total. The lowest BCUT2D eigenvalue weighted by atomic mass is 10.1. The molecule has 15 heavy (non-hydrogen) atoms. The maximum absolute atomic E-state index is 5.76. The van der Waals surface area contributed by atoms with Crippen molar-refractivity contribution in [1.29, 1.82) is 0 Å². The van der Waals surface area contributed by atoms with Crippen LogP contribution in [-0.4, -0.2) is 28.9 Å². The first-order chi connectivity index (χ1) is 7.28. The van der Waals surface area contributed by atoms with Crippen molar-refractivity contribution in [3.05, 3.63) is 16.1 Å². The van der Waals surface area contributed by atoms with Crippen LogP contribution in [0.5, 0.6) is 0 Å². The summed E-state index contributed by atoms with van der Waals surface area (Å²) in [7, 11) is 0. The SMILES string of the molecule is Cc1csc(CN2CCC(CCCl)C2)n1. The van der Waals surface area contributed by atoms with Gasteiger partial charge in [0.15, 0.2) is 0 Å². The molecule has 1 fully saturated rings. The molecular weight excluding hydrogens is 228 g/mol. The second-order valence-corrected chi connectivity index (χ2v) is 5.57. The summed E-state index contributed by atoms with van der Waals surface area (Å²) in [6, 6.07) is 0. The van der Waals surface area contributed by atoms with Gasteiger partial charge in [0.2, 0.25) is 0 Å². The maximum atomic E-state index is 5.76. The van der Waals surface area contributed by atoms with Gasteiger partial charge in [-0.15, -0.1) is 22.9 Å². The third-order valence-electron chi connectivity index (χ3n) is 2.91. The molecule has 0 radical (unpaired) electrons. The van der Waals surface area contributed by atoms with E-state index in [1.54, 1.807) is 11.3 Å². The zero-order valence-corrected chi connectivity index (χ0v) is 10.7. The molecule has 0 spiro atoms. The van der Waals surface area contributed by atoms with Gasteiger partial charge >= 0.3 is 0 Å². The van der Waals surface area contributed by atoms with E-state index < -0.39 is 0 Å². The molecule has 2 rings (SSSR count). The molecule has 0 bridgehead atoms. The summed E-state index contributed by atoms with van der Waals surface area (Å²) in [4.78, 5) is 6.99. The Labute approximate surface area is 100 Å². The molecule has 4 heteroatoms. The van der Waals surface area contributed by atoms with Crippen molar-refractivity contribution in [2.75, 3.05) is 19.0 Å². The van der Waals surface area contributed by atoms with Crippen LogP contribution >= 0.6 is 22.9 Å². The van der Waals surface area contributed by atoms with E-state index in [0.717, 1.165) is 30.5 Å². The van der Waals surface area contributed by atoms with Crippen LogP contribution < -0.4 is 0 Å². The first-order valence-electron chi connectivity index (χ1n) is 5.47. The van der Waals surface area contributed by atoms with Crippen molar-refractivity contribution in [2.24, 2.45) is 5.92 Å². The highest BCUT2D eigenvalue weighted by molar-refractivity contribution is 7.09. The number of aryl methyl sites for hydroxylation is 1. The summed E-state index contributed by atoms with van der Waals surface area (Å²) < 4.78 is 0. The minimum atomic E-state index is 0.800. The average Bonchev–Trinajstić information content (AvgIpc) is 2.78. The number of likely N-dealkylation sites (tertiary alicyclic amines) is 1. The van der Waals surface area contributed by atoms with Crippen LogP contribution in [0.4, 0.5) is 0 Å². The van der Waals surface area contributed by atoms with Gasteiger partial charge in [-0.2, -0.15) is 0 Å². The monoisotopic (exact) mass is 244 g/mol. The first kappa shape index (κ1) is 11.4. The number of hydrogen-bond acceptors (Lipinski definition) is 3. The minimum absolute atomic E-state index is 0.800. The van der Waals surface area contributed by atoms with Crippen molar-refractivity contribution in [1.82, 2.24) is 9.88 Å². The lowest BCUT2D eigenvalue weighted by Crippen LogP contribution is -2.20. The lowest BCUT2D eigenvalue weighted by molar-refractivity contribution is 0.315. The predicted octanol–water partition coefficient (Wildman–Crippen LogP) is 2.90. The lowest BCUT2D eigenvalue weighted by Gasteiger charge is -2.13. The number of halogens is 1. The van der Waals surface area contributed by atoms with Gasteiger partial charge in [-0.05, 0) is 32.2 Å². The van der Waals surface area contributed by atoms with E-state index in [1.807, 2.05) is 0 Å². The third-order valence-corrected chi connectivity index (χ3v) is 4.08. The summed E-state index contributed by atoms with van der Waals surface area (Å²) in [5, 5.41) is 3.38. The van der Waals surface area contributed by atoms with Gasteiger partial charge in [-0.25, -0.2) is 4.98 Å². The third kappa shape index (κ3) is 3.16. The second-order valence-electron chi connectivity index (χ2n) is 4.25. The van der Waals surface area contributed by atoms with Gasteiger partial charge in [0.1, 0.15) is 5.01 Å². The summed E-state index contributed by atoms with van der Waals surface area (Å²) in [6.07, 6.45) is 2.46. The summed E-state index contributed by atoms with van der Waals surface area (Å²) >= 11 is 7.54. The minimum Gasteiger partial charge on any atom is -0.296 e. The van der Waals surface area contributed by atoms with Gasteiger partial charge in [0, 0.05) is 23.5 Å². The standard InChI is InChI=1S/C11H17ClN2S/c1-9-8-15-11(13-9)7-14-5-3-10(6-14)2-4-12/h8,10H,2-7H2,1H3. The van der Waals surface area contributed by atoms with Crippen LogP contribution in [0.2, 0.25) is 0 Å². The predicted molar refractivity (Wildman–Crippen MR) is 65.6 cm³/mol. The highest BCUT2D eigenvalue weighted by atomic mass is 35.5. The number of nitrogens with zero attached hydrogens (tertiary/aromatic N) is 2.